The van der Waals surface area contributed by atoms with E-state index < -0.39 is 0 Å². The summed E-state index contributed by atoms with van der Waals surface area (Å²) in [6.45, 7) is 5.96. The van der Waals surface area contributed by atoms with Gasteiger partial charge in [-0.2, -0.15) is 0 Å². The van der Waals surface area contributed by atoms with Gasteiger partial charge >= 0.3 is 0 Å². The van der Waals surface area contributed by atoms with Gasteiger partial charge in [0.05, 0.1) is 10.5 Å². The van der Waals surface area contributed by atoms with E-state index in [0.29, 0.717) is 28.3 Å². The molecule has 1 aromatic rings. The van der Waals surface area contributed by atoms with Gasteiger partial charge in [0.1, 0.15) is 0 Å². The van der Waals surface area contributed by atoms with Crippen molar-refractivity contribution in [3.05, 3.63) is 34.7 Å². The molecule has 1 aromatic carbocycles. The molecule has 0 saturated heterocycles. The third-order valence-corrected chi connectivity index (χ3v) is 4.85. The van der Waals surface area contributed by atoms with Crippen molar-refractivity contribution in [2.24, 2.45) is 0 Å². The molecule has 1 heterocycles. The first kappa shape index (κ1) is 19.2. The van der Waals surface area contributed by atoms with Crippen LogP contribution in [0.4, 0.5) is 5.69 Å². The third-order valence-electron chi connectivity index (χ3n) is 3.89. The van der Waals surface area contributed by atoms with Gasteiger partial charge in [-0.3, -0.25) is 19.3 Å². The van der Waals surface area contributed by atoms with Crippen molar-refractivity contribution in [2.75, 3.05) is 17.6 Å². The number of hydrogen-bond acceptors (Lipinski definition) is 4. The number of unbranched alkanes of at least 4 members (excludes halogenated alkanes) is 2. The standard InChI is InChI=1S/C19H24N2O3S/c1-4-6-7-12-21-18(23)16(17(19(21)24)25-5-2)14-8-10-15(11-9-14)20-13(3)22/h8-11H,4-7,12H2,1-3H3,(H,20,22). The molecule has 0 bridgehead atoms. The summed E-state index contributed by atoms with van der Waals surface area (Å²) < 4.78 is 0. The van der Waals surface area contributed by atoms with E-state index in [4.69, 9.17) is 0 Å². The highest BCUT2D eigenvalue weighted by Crippen LogP contribution is 2.36. The van der Waals surface area contributed by atoms with Gasteiger partial charge in [-0.05, 0) is 29.9 Å². The Bertz CT molecular complexity index is 695. The Labute approximate surface area is 152 Å². The van der Waals surface area contributed by atoms with E-state index in [9.17, 15) is 14.4 Å². The van der Waals surface area contributed by atoms with E-state index >= 15 is 0 Å². The zero-order valence-corrected chi connectivity index (χ0v) is 15.7. The maximum atomic E-state index is 12.8. The van der Waals surface area contributed by atoms with Gasteiger partial charge in [0.25, 0.3) is 11.8 Å². The predicted octanol–water partition coefficient (Wildman–Crippen LogP) is 3.67. The summed E-state index contributed by atoms with van der Waals surface area (Å²) in [4.78, 5) is 38.5. The quantitative estimate of drug-likeness (QED) is 0.567. The lowest BCUT2D eigenvalue weighted by molar-refractivity contribution is -0.136. The van der Waals surface area contributed by atoms with Gasteiger partial charge in [-0.15, -0.1) is 11.8 Å². The zero-order chi connectivity index (χ0) is 18.4. The van der Waals surface area contributed by atoms with Crippen LogP contribution in [0.5, 0.6) is 0 Å². The van der Waals surface area contributed by atoms with Crippen molar-refractivity contribution in [2.45, 2.75) is 40.0 Å². The second kappa shape index (κ2) is 8.85. The predicted molar refractivity (Wildman–Crippen MR) is 102 cm³/mol. The second-order valence-electron chi connectivity index (χ2n) is 5.86. The third kappa shape index (κ3) is 4.51. The Kier molecular flexibility index (Phi) is 6.82. The Hall–Kier alpha value is -2.08. The normalized spacial score (nSPS) is 14.4. The summed E-state index contributed by atoms with van der Waals surface area (Å²) in [5, 5.41) is 2.70. The molecular formula is C19H24N2O3S. The number of carbonyl (C=O) groups excluding carboxylic acids is 3. The molecule has 134 valence electrons. The van der Waals surface area contributed by atoms with Crippen molar-refractivity contribution in [1.29, 1.82) is 0 Å². The van der Waals surface area contributed by atoms with Crippen LogP contribution in [0, 0.1) is 0 Å². The van der Waals surface area contributed by atoms with E-state index in [1.165, 1.54) is 23.6 Å². The lowest BCUT2D eigenvalue weighted by atomic mass is 10.1. The van der Waals surface area contributed by atoms with Crippen LogP contribution in [-0.2, 0) is 14.4 Å². The Balaban J connectivity index is 2.29. The number of rotatable bonds is 8. The topological polar surface area (TPSA) is 66.5 Å². The number of nitrogens with zero attached hydrogens (tertiary/aromatic N) is 1. The fourth-order valence-corrected chi connectivity index (χ4v) is 3.60. The molecule has 1 N–H and O–H groups in total. The Morgan fingerprint density at radius 1 is 1.08 bits per heavy atom. The molecule has 0 unspecified atom stereocenters. The number of hydrogen-bond donors (Lipinski definition) is 1. The summed E-state index contributed by atoms with van der Waals surface area (Å²) in [7, 11) is 0. The van der Waals surface area contributed by atoms with Crippen LogP contribution in [0.1, 0.15) is 45.6 Å². The molecule has 0 aliphatic carbocycles. The van der Waals surface area contributed by atoms with E-state index in [2.05, 4.69) is 12.2 Å². The lowest BCUT2D eigenvalue weighted by Gasteiger charge is -2.14. The molecule has 6 heteroatoms. The van der Waals surface area contributed by atoms with Crippen LogP contribution in [0.25, 0.3) is 5.57 Å². The highest BCUT2D eigenvalue weighted by molar-refractivity contribution is 8.04. The van der Waals surface area contributed by atoms with Gasteiger partial charge in [-0.25, -0.2) is 0 Å². The molecule has 0 radical (unpaired) electrons. The van der Waals surface area contributed by atoms with Crippen LogP contribution in [0.15, 0.2) is 29.2 Å². The Morgan fingerprint density at radius 2 is 1.76 bits per heavy atom. The van der Waals surface area contributed by atoms with Gasteiger partial charge in [0.2, 0.25) is 5.91 Å². The summed E-state index contributed by atoms with van der Waals surface area (Å²) in [6, 6.07) is 7.04. The number of nitrogens with one attached hydrogen (secondary N) is 1. The highest BCUT2D eigenvalue weighted by atomic mass is 32.2. The van der Waals surface area contributed by atoms with Crippen LogP contribution in [0.3, 0.4) is 0 Å². The molecular weight excluding hydrogens is 336 g/mol. The highest BCUT2D eigenvalue weighted by Gasteiger charge is 2.38. The van der Waals surface area contributed by atoms with Crippen molar-refractivity contribution in [3.8, 4) is 0 Å². The summed E-state index contributed by atoms with van der Waals surface area (Å²) in [5.41, 5.74) is 1.85. The molecule has 1 aliphatic heterocycles. The lowest BCUT2D eigenvalue weighted by Crippen LogP contribution is -2.32. The number of carbonyl (C=O) groups is 3. The zero-order valence-electron chi connectivity index (χ0n) is 14.9. The average Bonchev–Trinajstić information content (AvgIpc) is 2.80. The van der Waals surface area contributed by atoms with Crippen LogP contribution < -0.4 is 5.32 Å². The Morgan fingerprint density at radius 3 is 2.32 bits per heavy atom. The molecule has 0 aromatic heterocycles. The SMILES string of the molecule is CCCCCN1C(=O)C(SCC)=C(c2ccc(NC(C)=O)cc2)C1=O. The van der Waals surface area contributed by atoms with Crippen molar-refractivity contribution < 1.29 is 14.4 Å². The van der Waals surface area contributed by atoms with E-state index in [-0.39, 0.29) is 17.7 Å². The fraction of sp³-hybridized carbons (Fsp3) is 0.421. The first-order chi connectivity index (χ1) is 12.0. The van der Waals surface area contributed by atoms with Gasteiger partial charge in [-0.1, -0.05) is 38.8 Å². The molecule has 0 saturated carbocycles. The minimum absolute atomic E-state index is 0.150. The number of benzene rings is 1. The van der Waals surface area contributed by atoms with E-state index in [1.54, 1.807) is 24.3 Å². The van der Waals surface area contributed by atoms with E-state index in [0.717, 1.165) is 25.0 Å². The van der Waals surface area contributed by atoms with Crippen molar-refractivity contribution in [1.82, 2.24) is 4.90 Å². The van der Waals surface area contributed by atoms with Gasteiger partial charge < -0.3 is 5.32 Å². The largest absolute Gasteiger partial charge is 0.326 e. The number of thioether (sulfide) groups is 1. The maximum absolute atomic E-state index is 12.8. The van der Waals surface area contributed by atoms with Crippen molar-refractivity contribution in [3.63, 3.8) is 0 Å². The molecule has 0 fully saturated rings. The molecule has 25 heavy (non-hydrogen) atoms. The van der Waals surface area contributed by atoms with E-state index in [1.807, 2.05) is 6.92 Å². The molecule has 0 atom stereocenters. The first-order valence-corrected chi connectivity index (χ1v) is 9.59. The number of anilines is 1. The van der Waals surface area contributed by atoms with Crippen LogP contribution >= 0.6 is 11.8 Å². The molecule has 3 amide bonds. The van der Waals surface area contributed by atoms with Gasteiger partial charge in [0.15, 0.2) is 0 Å². The smallest absolute Gasteiger partial charge is 0.267 e. The average molecular weight is 360 g/mol. The number of amides is 3. The number of imide groups is 1. The van der Waals surface area contributed by atoms with Crippen LogP contribution in [-0.4, -0.2) is 34.9 Å². The summed E-state index contributed by atoms with van der Waals surface area (Å²) in [5.74, 6) is 0.173. The first-order valence-electron chi connectivity index (χ1n) is 8.60. The van der Waals surface area contributed by atoms with Crippen molar-refractivity contribution >= 4 is 40.7 Å². The molecule has 5 nitrogen and oxygen atoms in total. The fourth-order valence-electron chi connectivity index (χ4n) is 2.73. The minimum atomic E-state index is -0.218. The summed E-state index contributed by atoms with van der Waals surface area (Å²) >= 11 is 1.41. The molecule has 1 aliphatic rings. The summed E-state index contributed by atoms with van der Waals surface area (Å²) in [6.07, 6.45) is 2.86. The minimum Gasteiger partial charge on any atom is -0.326 e. The monoisotopic (exact) mass is 360 g/mol. The maximum Gasteiger partial charge on any atom is 0.267 e. The van der Waals surface area contributed by atoms with Crippen LogP contribution in [0.2, 0.25) is 0 Å². The molecule has 0 spiro atoms. The van der Waals surface area contributed by atoms with Gasteiger partial charge in [0, 0.05) is 19.2 Å². The second-order valence-corrected chi connectivity index (χ2v) is 7.14. The molecule has 2 rings (SSSR count).